The van der Waals surface area contributed by atoms with Crippen molar-refractivity contribution in [3.63, 3.8) is 0 Å². The van der Waals surface area contributed by atoms with Crippen molar-refractivity contribution < 1.29 is 0 Å². The molecule has 0 unspecified atom stereocenters. The Balaban J connectivity index is 1.62. The number of rotatable bonds is 7. The summed E-state index contributed by atoms with van der Waals surface area (Å²) in [5, 5.41) is 0. The third kappa shape index (κ3) is 4.66. The van der Waals surface area contributed by atoms with Crippen LogP contribution in [0.25, 0.3) is 5.69 Å². The van der Waals surface area contributed by atoms with Gasteiger partial charge in [-0.15, -0.1) is 0 Å². The van der Waals surface area contributed by atoms with E-state index >= 15 is 0 Å². The van der Waals surface area contributed by atoms with Gasteiger partial charge in [0.1, 0.15) is 0 Å². The molecule has 0 bridgehead atoms. The summed E-state index contributed by atoms with van der Waals surface area (Å²) in [5.41, 5.74) is 8.85. The first-order valence-electron chi connectivity index (χ1n) is 10.3. The Bertz CT molecular complexity index is 1080. The zero-order valence-corrected chi connectivity index (χ0v) is 17.9. The summed E-state index contributed by atoms with van der Waals surface area (Å²) in [6.07, 6.45) is 7.47. The van der Waals surface area contributed by atoms with Crippen molar-refractivity contribution in [3.05, 3.63) is 113 Å². The highest BCUT2D eigenvalue weighted by atomic mass is 15.1. The first-order valence-corrected chi connectivity index (χ1v) is 10.3. The molecule has 0 aliphatic carbocycles. The van der Waals surface area contributed by atoms with Crippen LogP contribution in [0, 0.1) is 20.8 Å². The van der Waals surface area contributed by atoms with Crippen molar-refractivity contribution in [1.29, 1.82) is 0 Å². The fourth-order valence-electron chi connectivity index (χ4n) is 3.98. The highest BCUT2D eigenvalue weighted by Crippen LogP contribution is 2.23. The van der Waals surface area contributed by atoms with Gasteiger partial charge in [0.15, 0.2) is 0 Å². The number of hydrogen-bond acceptors (Lipinski definition) is 3. The molecule has 3 heterocycles. The number of aryl methyl sites for hydroxylation is 2. The van der Waals surface area contributed by atoms with Crippen LogP contribution in [0.2, 0.25) is 0 Å². The summed E-state index contributed by atoms with van der Waals surface area (Å²) in [5.74, 6) is 0. The molecule has 152 valence electrons. The molecule has 0 atom stereocenters. The maximum Gasteiger partial charge on any atom is 0.0638 e. The second-order valence-electron chi connectivity index (χ2n) is 7.93. The largest absolute Gasteiger partial charge is 0.317 e. The van der Waals surface area contributed by atoms with Gasteiger partial charge in [-0.3, -0.25) is 14.9 Å². The average molecular weight is 397 g/mol. The van der Waals surface area contributed by atoms with Crippen molar-refractivity contribution in [2.75, 3.05) is 0 Å². The molecule has 0 fully saturated rings. The fraction of sp³-hybridized carbons (Fsp3) is 0.231. The summed E-state index contributed by atoms with van der Waals surface area (Å²) in [6.45, 7) is 9.16. The minimum atomic E-state index is 0.882. The Hall–Kier alpha value is -3.24. The molecule has 30 heavy (non-hydrogen) atoms. The lowest BCUT2D eigenvalue weighted by Crippen LogP contribution is -2.22. The van der Waals surface area contributed by atoms with Gasteiger partial charge in [-0.05, 0) is 67.8 Å². The predicted molar refractivity (Wildman–Crippen MR) is 121 cm³/mol. The van der Waals surface area contributed by atoms with Gasteiger partial charge in [-0.25, -0.2) is 0 Å². The molecule has 0 N–H and O–H groups in total. The lowest BCUT2D eigenvalue weighted by Gasteiger charge is -2.23. The quantitative estimate of drug-likeness (QED) is 0.420. The van der Waals surface area contributed by atoms with E-state index in [1.54, 1.807) is 0 Å². The van der Waals surface area contributed by atoms with Crippen LogP contribution in [0.4, 0.5) is 0 Å². The molecule has 1 aromatic carbocycles. The van der Waals surface area contributed by atoms with E-state index in [9.17, 15) is 0 Å². The van der Waals surface area contributed by atoms with E-state index in [1.807, 2.05) is 30.9 Å². The Labute approximate surface area is 178 Å². The van der Waals surface area contributed by atoms with Crippen LogP contribution in [0.1, 0.15) is 33.6 Å². The van der Waals surface area contributed by atoms with Crippen molar-refractivity contribution in [2.24, 2.45) is 0 Å². The van der Waals surface area contributed by atoms with E-state index < -0.39 is 0 Å². The van der Waals surface area contributed by atoms with Crippen LogP contribution < -0.4 is 0 Å². The standard InChI is InChI=1S/C26H28N4/c1-20-6-8-23(9-7-20)17-29(18-24-10-13-27-14-11-24)19-25-15-21(2)30(22(25)3)26-5-4-12-28-16-26/h4-16H,17-19H2,1-3H3. The molecule has 0 amide bonds. The van der Waals surface area contributed by atoms with Gasteiger partial charge in [0.25, 0.3) is 0 Å². The van der Waals surface area contributed by atoms with Gasteiger partial charge >= 0.3 is 0 Å². The van der Waals surface area contributed by atoms with Gasteiger partial charge in [0.2, 0.25) is 0 Å². The zero-order valence-electron chi connectivity index (χ0n) is 17.9. The minimum Gasteiger partial charge on any atom is -0.317 e. The smallest absolute Gasteiger partial charge is 0.0638 e. The topological polar surface area (TPSA) is 34.0 Å². The molecule has 4 aromatic rings. The Morgan fingerprint density at radius 3 is 2.13 bits per heavy atom. The van der Waals surface area contributed by atoms with Crippen LogP contribution in [0.3, 0.4) is 0 Å². The van der Waals surface area contributed by atoms with Crippen LogP contribution in [-0.4, -0.2) is 19.4 Å². The number of nitrogens with zero attached hydrogens (tertiary/aromatic N) is 4. The van der Waals surface area contributed by atoms with E-state index in [2.05, 4.69) is 88.7 Å². The number of benzene rings is 1. The van der Waals surface area contributed by atoms with Crippen molar-refractivity contribution >= 4 is 0 Å². The van der Waals surface area contributed by atoms with E-state index in [-0.39, 0.29) is 0 Å². The van der Waals surface area contributed by atoms with Crippen molar-refractivity contribution in [1.82, 2.24) is 19.4 Å². The monoisotopic (exact) mass is 396 g/mol. The third-order valence-corrected chi connectivity index (χ3v) is 5.52. The normalized spacial score (nSPS) is 11.2. The van der Waals surface area contributed by atoms with E-state index in [0.717, 1.165) is 25.3 Å². The number of aromatic nitrogens is 3. The molecule has 3 aromatic heterocycles. The molecule has 0 saturated heterocycles. The van der Waals surface area contributed by atoms with Crippen LogP contribution >= 0.6 is 0 Å². The van der Waals surface area contributed by atoms with Gasteiger partial charge in [0.05, 0.1) is 11.9 Å². The second kappa shape index (κ2) is 9.06. The Morgan fingerprint density at radius 1 is 0.767 bits per heavy atom. The highest BCUT2D eigenvalue weighted by Gasteiger charge is 2.15. The van der Waals surface area contributed by atoms with Crippen molar-refractivity contribution in [2.45, 2.75) is 40.4 Å². The lowest BCUT2D eigenvalue weighted by molar-refractivity contribution is 0.247. The van der Waals surface area contributed by atoms with E-state index in [1.165, 1.54) is 33.6 Å². The lowest BCUT2D eigenvalue weighted by atomic mass is 10.1. The third-order valence-electron chi connectivity index (χ3n) is 5.52. The molecular weight excluding hydrogens is 368 g/mol. The average Bonchev–Trinajstić information content (AvgIpc) is 3.04. The number of hydrogen-bond donors (Lipinski definition) is 0. The van der Waals surface area contributed by atoms with Gasteiger partial charge < -0.3 is 4.57 Å². The molecule has 4 rings (SSSR count). The molecule has 0 aliphatic rings. The molecule has 0 radical (unpaired) electrons. The molecule has 0 spiro atoms. The van der Waals surface area contributed by atoms with Crippen molar-refractivity contribution in [3.8, 4) is 5.69 Å². The van der Waals surface area contributed by atoms with Gasteiger partial charge in [-0.1, -0.05) is 29.8 Å². The maximum absolute atomic E-state index is 4.30. The zero-order chi connectivity index (χ0) is 20.9. The molecule has 4 nitrogen and oxygen atoms in total. The molecular formula is C26H28N4. The molecule has 0 aliphatic heterocycles. The summed E-state index contributed by atoms with van der Waals surface area (Å²) >= 11 is 0. The maximum atomic E-state index is 4.30. The Kier molecular flexibility index (Phi) is 6.05. The van der Waals surface area contributed by atoms with Crippen LogP contribution in [0.15, 0.2) is 79.4 Å². The summed E-state index contributed by atoms with van der Waals surface area (Å²) in [7, 11) is 0. The van der Waals surface area contributed by atoms with Crippen LogP contribution in [0.5, 0.6) is 0 Å². The first kappa shape index (κ1) is 20.0. The summed E-state index contributed by atoms with van der Waals surface area (Å²) < 4.78 is 2.29. The van der Waals surface area contributed by atoms with E-state index in [4.69, 9.17) is 0 Å². The number of pyridine rings is 2. The molecule has 4 heteroatoms. The van der Waals surface area contributed by atoms with Gasteiger partial charge in [-0.2, -0.15) is 0 Å². The fourth-order valence-corrected chi connectivity index (χ4v) is 3.98. The summed E-state index contributed by atoms with van der Waals surface area (Å²) in [4.78, 5) is 11.0. The molecule has 0 saturated carbocycles. The second-order valence-corrected chi connectivity index (χ2v) is 7.93. The van der Waals surface area contributed by atoms with E-state index in [0.29, 0.717) is 0 Å². The predicted octanol–water partition coefficient (Wildman–Crippen LogP) is 5.39. The SMILES string of the molecule is Cc1ccc(CN(Cc2ccncc2)Cc2cc(C)n(-c3cccnc3)c2C)cc1. The summed E-state index contributed by atoms with van der Waals surface area (Å²) in [6, 6.07) is 19.4. The van der Waals surface area contributed by atoms with Gasteiger partial charge in [0, 0.05) is 49.6 Å². The van der Waals surface area contributed by atoms with Crippen LogP contribution in [-0.2, 0) is 19.6 Å². The highest BCUT2D eigenvalue weighted by molar-refractivity contribution is 5.39. The minimum absolute atomic E-state index is 0.882. The first-order chi connectivity index (χ1) is 14.6. The Morgan fingerprint density at radius 2 is 1.47 bits per heavy atom.